The number of imidazole rings is 1. The van der Waals surface area contributed by atoms with E-state index < -0.39 is 23.4 Å². The molecule has 0 amide bonds. The van der Waals surface area contributed by atoms with Gasteiger partial charge in [-0.3, -0.25) is 0 Å². The molecule has 0 bridgehead atoms. The molecule has 7 nitrogen and oxygen atoms in total. The van der Waals surface area contributed by atoms with E-state index in [4.69, 9.17) is 4.98 Å². The van der Waals surface area contributed by atoms with Gasteiger partial charge in [-0.2, -0.15) is 18.3 Å². The van der Waals surface area contributed by atoms with Crippen molar-refractivity contribution in [3.63, 3.8) is 0 Å². The molecule has 0 saturated carbocycles. The minimum absolute atomic E-state index is 0.129. The Hall–Kier alpha value is -4.09. The fourth-order valence-corrected chi connectivity index (χ4v) is 4.50. The summed E-state index contributed by atoms with van der Waals surface area (Å²) in [7, 11) is 0. The summed E-state index contributed by atoms with van der Waals surface area (Å²) in [4.78, 5) is 17.6. The molecule has 5 heterocycles. The van der Waals surface area contributed by atoms with E-state index in [2.05, 4.69) is 20.1 Å². The fraction of sp³-hybridized carbons (Fsp3) is 0.217. The molecule has 5 aromatic rings. The third kappa shape index (κ3) is 3.65. The van der Waals surface area contributed by atoms with E-state index in [1.807, 2.05) is 4.90 Å². The lowest BCUT2D eigenvalue weighted by Crippen LogP contribution is -2.24. The Morgan fingerprint density at radius 3 is 2.71 bits per heavy atom. The Morgan fingerprint density at radius 1 is 1.03 bits per heavy atom. The first-order valence-electron chi connectivity index (χ1n) is 10.8. The van der Waals surface area contributed by atoms with Gasteiger partial charge in [0.15, 0.2) is 11.3 Å². The maximum Gasteiger partial charge on any atom is 0.417 e. The van der Waals surface area contributed by atoms with Gasteiger partial charge in [-0.05, 0) is 43.2 Å². The van der Waals surface area contributed by atoms with Crippen LogP contribution in [0.3, 0.4) is 0 Å². The molecule has 1 atom stereocenters. The Bertz CT molecular complexity index is 1570. The Balaban J connectivity index is 1.41. The number of pyridine rings is 1. The summed E-state index contributed by atoms with van der Waals surface area (Å²) in [5, 5.41) is 4.26. The molecule has 1 saturated heterocycles. The van der Waals surface area contributed by atoms with Gasteiger partial charge in [-0.25, -0.2) is 28.2 Å². The molecule has 1 aliphatic rings. The number of aromatic nitrogens is 6. The molecule has 6 rings (SSSR count). The Kier molecular flexibility index (Phi) is 4.73. The summed E-state index contributed by atoms with van der Waals surface area (Å²) in [5.74, 6) is -0.191. The quantitative estimate of drug-likeness (QED) is 0.351. The second-order valence-electron chi connectivity index (χ2n) is 8.31. The van der Waals surface area contributed by atoms with E-state index in [-0.39, 0.29) is 28.6 Å². The van der Waals surface area contributed by atoms with Crippen LogP contribution in [0.15, 0.2) is 48.9 Å². The monoisotopic (exact) mass is 485 g/mol. The molecule has 35 heavy (non-hydrogen) atoms. The summed E-state index contributed by atoms with van der Waals surface area (Å²) in [6.45, 7) is 0.599. The van der Waals surface area contributed by atoms with Crippen LogP contribution in [0.25, 0.3) is 28.2 Å². The zero-order chi connectivity index (χ0) is 24.3. The first-order valence-corrected chi connectivity index (χ1v) is 10.8. The highest BCUT2D eigenvalue weighted by molar-refractivity contribution is 5.81. The molecule has 178 valence electrons. The van der Waals surface area contributed by atoms with Crippen molar-refractivity contribution < 1.29 is 22.0 Å². The number of hydrogen-bond acceptors (Lipinski definition) is 5. The Morgan fingerprint density at radius 2 is 1.89 bits per heavy atom. The molecule has 0 aliphatic carbocycles. The topological polar surface area (TPSA) is 75.0 Å². The molecule has 0 radical (unpaired) electrons. The average Bonchev–Trinajstić information content (AvgIpc) is 3.56. The van der Waals surface area contributed by atoms with Gasteiger partial charge in [0.25, 0.3) is 0 Å². The second-order valence-corrected chi connectivity index (χ2v) is 8.31. The van der Waals surface area contributed by atoms with E-state index >= 15 is 0 Å². The number of halogens is 5. The molecule has 12 heteroatoms. The van der Waals surface area contributed by atoms with Crippen LogP contribution in [-0.2, 0) is 6.18 Å². The van der Waals surface area contributed by atoms with Crippen LogP contribution in [0.5, 0.6) is 0 Å². The van der Waals surface area contributed by atoms with E-state index in [1.54, 1.807) is 12.3 Å². The van der Waals surface area contributed by atoms with E-state index in [0.29, 0.717) is 30.0 Å². The number of anilines is 1. The van der Waals surface area contributed by atoms with E-state index in [1.165, 1.54) is 16.8 Å². The molecular weight excluding hydrogens is 469 g/mol. The predicted molar refractivity (Wildman–Crippen MR) is 117 cm³/mol. The van der Waals surface area contributed by atoms with Crippen molar-refractivity contribution in [3.8, 4) is 11.4 Å². The summed E-state index contributed by atoms with van der Waals surface area (Å²) in [6, 6.07) is 5.70. The normalized spacial score (nSPS) is 16.6. The molecular formula is C23H16F5N7. The fourth-order valence-electron chi connectivity index (χ4n) is 4.50. The van der Waals surface area contributed by atoms with E-state index in [0.717, 1.165) is 30.8 Å². The average molecular weight is 485 g/mol. The van der Waals surface area contributed by atoms with Crippen molar-refractivity contribution in [2.45, 2.75) is 25.1 Å². The number of fused-ring (bicyclic) bond motifs is 2. The third-order valence-corrected chi connectivity index (χ3v) is 6.14. The standard InChI is InChI=1S/C23H16F5N7/c24-13-3-4-16(25)14(9-13)18-2-1-6-34(18)19-5-7-35-22(32-19)15(11-30-35)20-31-17-8-12(23(26,27)28)10-29-21(17)33-20/h3-5,7-11,18H,1-2,6H2,(H,29,31,33)/t18-/m1/s1. The van der Waals surface area contributed by atoms with Gasteiger partial charge < -0.3 is 9.88 Å². The van der Waals surface area contributed by atoms with Crippen LogP contribution >= 0.6 is 0 Å². The first-order chi connectivity index (χ1) is 16.8. The smallest absolute Gasteiger partial charge is 0.349 e. The predicted octanol–water partition coefficient (Wildman–Crippen LogP) is 5.31. The van der Waals surface area contributed by atoms with Crippen molar-refractivity contribution in [1.82, 2.24) is 29.5 Å². The summed E-state index contributed by atoms with van der Waals surface area (Å²) in [6.07, 6.45) is 0.801. The van der Waals surface area contributed by atoms with Gasteiger partial charge in [-0.15, -0.1) is 0 Å². The van der Waals surface area contributed by atoms with Gasteiger partial charge in [0, 0.05) is 24.5 Å². The minimum atomic E-state index is -4.53. The highest BCUT2D eigenvalue weighted by Crippen LogP contribution is 2.37. The van der Waals surface area contributed by atoms with Crippen LogP contribution in [0, 0.1) is 11.6 Å². The maximum absolute atomic E-state index is 14.5. The van der Waals surface area contributed by atoms with Crippen molar-refractivity contribution in [1.29, 1.82) is 0 Å². The number of nitrogens with zero attached hydrogens (tertiary/aromatic N) is 6. The van der Waals surface area contributed by atoms with Crippen molar-refractivity contribution in [2.24, 2.45) is 0 Å². The van der Waals surface area contributed by atoms with Crippen LogP contribution in [0.2, 0.25) is 0 Å². The maximum atomic E-state index is 14.5. The summed E-state index contributed by atoms with van der Waals surface area (Å²) >= 11 is 0. The van der Waals surface area contributed by atoms with Crippen LogP contribution in [0.4, 0.5) is 27.8 Å². The number of aromatic amines is 1. The molecule has 1 N–H and O–H groups in total. The zero-order valence-corrected chi connectivity index (χ0v) is 17.9. The molecule has 0 unspecified atom stereocenters. The number of alkyl halides is 3. The van der Waals surface area contributed by atoms with Gasteiger partial charge in [0.05, 0.1) is 28.9 Å². The lowest BCUT2D eigenvalue weighted by atomic mass is 10.0. The number of hydrogen-bond donors (Lipinski definition) is 1. The largest absolute Gasteiger partial charge is 0.417 e. The summed E-state index contributed by atoms with van der Waals surface area (Å²) in [5.41, 5.74) is 0.511. The SMILES string of the molecule is Fc1ccc(F)c([C@H]2CCCN2c2ccn3ncc(-c4nc5ncc(C(F)(F)F)cc5[nH]4)c3n2)c1. The number of nitrogens with one attached hydrogen (secondary N) is 1. The third-order valence-electron chi connectivity index (χ3n) is 6.14. The van der Waals surface area contributed by atoms with E-state index in [9.17, 15) is 22.0 Å². The highest BCUT2D eigenvalue weighted by atomic mass is 19.4. The molecule has 1 fully saturated rings. The van der Waals surface area contributed by atoms with Crippen LogP contribution < -0.4 is 4.90 Å². The molecule has 1 aromatic carbocycles. The molecule has 1 aliphatic heterocycles. The first kappa shape index (κ1) is 21.4. The highest BCUT2D eigenvalue weighted by Gasteiger charge is 2.32. The molecule has 0 spiro atoms. The van der Waals surface area contributed by atoms with Crippen LogP contribution in [-0.4, -0.2) is 36.1 Å². The minimum Gasteiger partial charge on any atom is -0.349 e. The number of benzene rings is 1. The lowest BCUT2D eigenvalue weighted by Gasteiger charge is -2.26. The van der Waals surface area contributed by atoms with Gasteiger partial charge in [-0.1, -0.05) is 0 Å². The summed E-state index contributed by atoms with van der Waals surface area (Å²) < 4.78 is 69.0. The second kappa shape index (κ2) is 7.72. The van der Waals surface area contributed by atoms with Gasteiger partial charge >= 0.3 is 6.18 Å². The van der Waals surface area contributed by atoms with Gasteiger partial charge in [0.2, 0.25) is 0 Å². The van der Waals surface area contributed by atoms with Crippen molar-refractivity contribution >= 4 is 22.6 Å². The lowest BCUT2D eigenvalue weighted by molar-refractivity contribution is -0.137. The zero-order valence-electron chi connectivity index (χ0n) is 17.9. The van der Waals surface area contributed by atoms with Crippen LogP contribution in [0.1, 0.15) is 30.0 Å². The number of rotatable bonds is 3. The molecule has 4 aromatic heterocycles. The number of H-pyrrole nitrogens is 1. The van der Waals surface area contributed by atoms with Crippen molar-refractivity contribution in [3.05, 3.63) is 71.7 Å². The van der Waals surface area contributed by atoms with Crippen molar-refractivity contribution in [2.75, 3.05) is 11.4 Å². The van der Waals surface area contributed by atoms with Gasteiger partial charge in [0.1, 0.15) is 23.3 Å². The Labute approximate surface area is 194 Å².